The summed E-state index contributed by atoms with van der Waals surface area (Å²) in [5.74, 6) is -0.312. The molecular weight excluding hydrogens is 354 g/mol. The molecule has 2 rings (SSSR count). The van der Waals surface area contributed by atoms with Crippen LogP contribution in [0.3, 0.4) is 0 Å². The highest BCUT2D eigenvalue weighted by atomic mass is 32.2. The van der Waals surface area contributed by atoms with Gasteiger partial charge in [-0.1, -0.05) is 30.3 Å². The minimum absolute atomic E-state index is 0.0371. The van der Waals surface area contributed by atoms with E-state index in [0.717, 1.165) is 11.8 Å². The van der Waals surface area contributed by atoms with E-state index in [9.17, 15) is 13.2 Å². The van der Waals surface area contributed by atoms with Crippen molar-refractivity contribution in [1.29, 1.82) is 0 Å². The van der Waals surface area contributed by atoms with Gasteiger partial charge in [0.1, 0.15) is 11.9 Å². The quantitative estimate of drug-likeness (QED) is 0.723. The third kappa shape index (κ3) is 6.16. The van der Waals surface area contributed by atoms with Crippen molar-refractivity contribution >= 4 is 15.8 Å². The second-order valence-corrected chi connectivity index (χ2v) is 8.20. The van der Waals surface area contributed by atoms with Crippen molar-refractivity contribution in [3.8, 4) is 5.75 Å². The van der Waals surface area contributed by atoms with Gasteiger partial charge < -0.3 is 9.84 Å². The van der Waals surface area contributed by atoms with Gasteiger partial charge in [0.05, 0.1) is 11.4 Å². The van der Waals surface area contributed by atoms with Gasteiger partial charge in [-0.2, -0.15) is 0 Å². The highest BCUT2D eigenvalue weighted by Crippen LogP contribution is 2.26. The Morgan fingerprint density at radius 2 is 1.73 bits per heavy atom. The Labute approximate surface area is 153 Å². The molecule has 2 aromatic carbocycles. The maximum atomic E-state index is 11.6. The molecule has 6 nitrogen and oxygen atoms in total. The molecule has 26 heavy (non-hydrogen) atoms. The predicted molar refractivity (Wildman–Crippen MR) is 99.1 cm³/mol. The smallest absolute Gasteiger partial charge is 0.317 e. The first-order valence-electron chi connectivity index (χ1n) is 8.18. The van der Waals surface area contributed by atoms with E-state index in [0.29, 0.717) is 18.7 Å². The number of benzene rings is 2. The molecule has 0 aliphatic rings. The van der Waals surface area contributed by atoms with E-state index in [4.69, 9.17) is 9.84 Å². The van der Waals surface area contributed by atoms with Crippen LogP contribution in [0.2, 0.25) is 0 Å². The van der Waals surface area contributed by atoms with E-state index >= 15 is 0 Å². The molecule has 0 spiro atoms. The van der Waals surface area contributed by atoms with Crippen molar-refractivity contribution in [2.24, 2.45) is 0 Å². The molecule has 0 saturated carbocycles. The molecular formula is C19H23NO5S. The lowest BCUT2D eigenvalue weighted by Gasteiger charge is -2.22. The SMILES string of the molecule is CN(CC[C@@H](Oc1ccc(S(C)(=O)=O)cc1)c1ccccc1)CC(=O)O. The van der Waals surface area contributed by atoms with E-state index in [2.05, 4.69) is 0 Å². The van der Waals surface area contributed by atoms with E-state index in [1.165, 1.54) is 12.1 Å². The first kappa shape index (κ1) is 19.9. The minimum Gasteiger partial charge on any atom is -0.486 e. The summed E-state index contributed by atoms with van der Waals surface area (Å²) in [5.41, 5.74) is 0.975. The summed E-state index contributed by atoms with van der Waals surface area (Å²) in [7, 11) is -1.50. The van der Waals surface area contributed by atoms with Crippen molar-refractivity contribution in [2.45, 2.75) is 17.4 Å². The van der Waals surface area contributed by atoms with Crippen LogP contribution in [-0.4, -0.2) is 50.8 Å². The van der Waals surface area contributed by atoms with Crippen LogP contribution in [-0.2, 0) is 14.6 Å². The largest absolute Gasteiger partial charge is 0.486 e. The molecule has 0 unspecified atom stereocenters. The second kappa shape index (κ2) is 8.82. The molecule has 0 aliphatic carbocycles. The number of nitrogens with zero attached hydrogens (tertiary/aromatic N) is 1. The summed E-state index contributed by atoms with van der Waals surface area (Å²) in [6.45, 7) is 0.512. The summed E-state index contributed by atoms with van der Waals surface area (Å²) in [4.78, 5) is 12.8. The van der Waals surface area contributed by atoms with Crippen LogP contribution >= 0.6 is 0 Å². The molecule has 0 saturated heterocycles. The van der Waals surface area contributed by atoms with Gasteiger partial charge in [-0.3, -0.25) is 9.69 Å². The lowest BCUT2D eigenvalue weighted by Crippen LogP contribution is -2.28. The molecule has 0 fully saturated rings. The molecule has 0 aliphatic heterocycles. The standard InChI is InChI=1S/C19H23NO5S/c1-20(14-19(21)22)13-12-18(15-6-4-3-5-7-15)25-16-8-10-17(11-9-16)26(2,23)24/h3-11,18H,12-14H2,1-2H3,(H,21,22)/t18-/m1/s1. The van der Waals surface area contributed by atoms with Gasteiger partial charge in [0.25, 0.3) is 0 Å². The van der Waals surface area contributed by atoms with E-state index in [1.54, 1.807) is 24.1 Å². The van der Waals surface area contributed by atoms with Crippen LogP contribution in [0.4, 0.5) is 0 Å². The summed E-state index contributed by atoms with van der Waals surface area (Å²) in [6.07, 6.45) is 1.49. The van der Waals surface area contributed by atoms with Crippen LogP contribution in [0.15, 0.2) is 59.5 Å². The fourth-order valence-electron chi connectivity index (χ4n) is 2.54. The Balaban J connectivity index is 2.12. The monoisotopic (exact) mass is 377 g/mol. The van der Waals surface area contributed by atoms with Crippen molar-refractivity contribution < 1.29 is 23.1 Å². The number of rotatable bonds is 9. The van der Waals surface area contributed by atoms with Crippen LogP contribution in [0.1, 0.15) is 18.1 Å². The highest BCUT2D eigenvalue weighted by molar-refractivity contribution is 7.90. The first-order valence-corrected chi connectivity index (χ1v) is 10.1. The lowest BCUT2D eigenvalue weighted by molar-refractivity contribution is -0.138. The summed E-state index contributed by atoms with van der Waals surface area (Å²) in [6, 6.07) is 15.9. The third-order valence-electron chi connectivity index (χ3n) is 3.88. The molecule has 1 N–H and O–H groups in total. The van der Waals surface area contributed by atoms with Gasteiger partial charge >= 0.3 is 5.97 Å². The third-order valence-corrected chi connectivity index (χ3v) is 5.01. The number of aliphatic carboxylic acids is 1. The van der Waals surface area contributed by atoms with Gasteiger partial charge in [0, 0.05) is 19.2 Å². The number of sulfone groups is 1. The molecule has 0 heterocycles. The number of hydrogen-bond acceptors (Lipinski definition) is 5. The Hall–Kier alpha value is -2.38. The normalized spacial score (nSPS) is 12.7. The van der Waals surface area contributed by atoms with Gasteiger partial charge in [0.2, 0.25) is 0 Å². The Bertz CT molecular complexity index is 819. The summed E-state index contributed by atoms with van der Waals surface area (Å²) in [5, 5.41) is 8.87. The fourth-order valence-corrected chi connectivity index (χ4v) is 3.17. The average molecular weight is 377 g/mol. The van der Waals surface area contributed by atoms with Gasteiger partial charge in [-0.25, -0.2) is 8.42 Å². The number of carbonyl (C=O) groups is 1. The van der Waals surface area contributed by atoms with Crippen LogP contribution in [0.5, 0.6) is 5.75 Å². The van der Waals surface area contributed by atoms with E-state index in [-0.39, 0.29) is 17.5 Å². The first-order chi connectivity index (χ1) is 12.3. The van der Waals surface area contributed by atoms with Crippen molar-refractivity contribution in [2.75, 3.05) is 26.4 Å². The molecule has 0 radical (unpaired) electrons. The highest BCUT2D eigenvalue weighted by Gasteiger charge is 2.16. The zero-order valence-corrected chi connectivity index (χ0v) is 15.6. The zero-order valence-electron chi connectivity index (χ0n) is 14.8. The van der Waals surface area contributed by atoms with Gasteiger partial charge in [-0.05, 0) is 36.9 Å². The van der Waals surface area contributed by atoms with Crippen molar-refractivity contribution in [3.05, 3.63) is 60.2 Å². The average Bonchev–Trinajstić information content (AvgIpc) is 2.58. The maximum Gasteiger partial charge on any atom is 0.317 e. The lowest BCUT2D eigenvalue weighted by atomic mass is 10.1. The molecule has 140 valence electrons. The summed E-state index contributed by atoms with van der Waals surface area (Å²) < 4.78 is 29.2. The van der Waals surface area contributed by atoms with Crippen LogP contribution in [0, 0.1) is 0 Å². The number of carboxylic acid groups (broad SMARTS) is 1. The van der Waals surface area contributed by atoms with Crippen molar-refractivity contribution in [3.63, 3.8) is 0 Å². The van der Waals surface area contributed by atoms with E-state index < -0.39 is 15.8 Å². The minimum atomic E-state index is -3.25. The molecule has 2 aromatic rings. The molecule has 1 atom stereocenters. The van der Waals surface area contributed by atoms with Crippen molar-refractivity contribution in [1.82, 2.24) is 4.90 Å². The number of ether oxygens (including phenoxy) is 1. The topological polar surface area (TPSA) is 83.9 Å². The number of likely N-dealkylation sites (N-methyl/N-ethyl adjacent to an activating group) is 1. The number of carboxylic acids is 1. The molecule has 0 amide bonds. The Kier molecular flexibility index (Phi) is 6.76. The van der Waals surface area contributed by atoms with Gasteiger partial charge in [-0.15, -0.1) is 0 Å². The molecule has 0 aromatic heterocycles. The van der Waals surface area contributed by atoms with Crippen LogP contribution in [0.25, 0.3) is 0 Å². The maximum absolute atomic E-state index is 11.6. The molecule has 7 heteroatoms. The molecule has 0 bridgehead atoms. The number of hydrogen-bond donors (Lipinski definition) is 1. The predicted octanol–water partition coefficient (Wildman–Crippen LogP) is 2.62. The van der Waals surface area contributed by atoms with E-state index in [1.807, 2.05) is 30.3 Å². The fraction of sp³-hybridized carbons (Fsp3) is 0.316. The Morgan fingerprint density at radius 1 is 1.12 bits per heavy atom. The summed E-state index contributed by atoms with van der Waals surface area (Å²) >= 11 is 0. The van der Waals surface area contributed by atoms with Gasteiger partial charge in [0.15, 0.2) is 9.84 Å². The second-order valence-electron chi connectivity index (χ2n) is 6.18. The van der Waals surface area contributed by atoms with Crippen LogP contribution < -0.4 is 4.74 Å². The Morgan fingerprint density at radius 3 is 2.27 bits per heavy atom. The zero-order chi connectivity index (χ0) is 19.2.